The first-order chi connectivity index (χ1) is 13.3. The van der Waals surface area contributed by atoms with Crippen LogP contribution >= 0.6 is 11.3 Å². The molecule has 8 nitrogen and oxygen atoms in total. The van der Waals surface area contributed by atoms with Crippen molar-refractivity contribution in [2.75, 3.05) is 51.8 Å². The molecule has 0 aromatic carbocycles. The summed E-state index contributed by atoms with van der Waals surface area (Å²) in [6.07, 6.45) is 1.40. The zero-order valence-corrected chi connectivity index (χ0v) is 17.8. The fraction of sp³-hybridized carbons (Fsp3) is 0.632. The number of carbonyl (C=O) groups excluding carboxylic acids is 3. The predicted octanol–water partition coefficient (Wildman–Crippen LogP) is 1.35. The van der Waals surface area contributed by atoms with Crippen molar-refractivity contribution in [3.63, 3.8) is 0 Å². The quantitative estimate of drug-likeness (QED) is 0.652. The Morgan fingerprint density at radius 3 is 2.54 bits per heavy atom. The summed E-state index contributed by atoms with van der Waals surface area (Å²) in [6, 6.07) is 0. The summed E-state index contributed by atoms with van der Waals surface area (Å²) in [5.41, 5.74) is 0.976. The molecule has 2 rings (SSSR count). The number of amides is 3. The number of anilines is 1. The number of thiophene rings is 1. The highest BCUT2D eigenvalue weighted by molar-refractivity contribution is 7.18. The molecule has 0 bridgehead atoms. The highest BCUT2D eigenvalue weighted by Gasteiger charge is 2.31. The Bertz CT molecular complexity index is 713. The molecular formula is C19H29N3O5S. The first-order valence-electron chi connectivity index (χ1n) is 9.42. The van der Waals surface area contributed by atoms with Crippen molar-refractivity contribution in [3.8, 4) is 0 Å². The standard InChI is InChI=1S/C19H29N3O5S/c1-5-21(12-23)19-15(17(25)20(3)10-11-27-4)13(2)16(28-19)18(26)22-8-6-14(24)7-9-22/h12,14,24H,5-11H2,1-4H3. The van der Waals surface area contributed by atoms with Gasteiger partial charge in [0.1, 0.15) is 5.00 Å². The van der Waals surface area contributed by atoms with Gasteiger partial charge in [-0.1, -0.05) is 0 Å². The molecule has 1 fully saturated rings. The van der Waals surface area contributed by atoms with Crippen molar-refractivity contribution in [1.29, 1.82) is 0 Å². The number of piperidine rings is 1. The van der Waals surface area contributed by atoms with E-state index >= 15 is 0 Å². The summed E-state index contributed by atoms with van der Waals surface area (Å²) in [7, 11) is 3.24. The molecule has 1 N–H and O–H groups in total. The van der Waals surface area contributed by atoms with E-state index < -0.39 is 0 Å². The van der Waals surface area contributed by atoms with Gasteiger partial charge in [0, 0.05) is 40.3 Å². The molecule has 0 radical (unpaired) electrons. The zero-order valence-electron chi connectivity index (χ0n) is 16.9. The second-order valence-electron chi connectivity index (χ2n) is 6.87. The van der Waals surface area contributed by atoms with Crippen molar-refractivity contribution >= 4 is 34.6 Å². The summed E-state index contributed by atoms with van der Waals surface area (Å²) in [5.74, 6) is -0.398. The van der Waals surface area contributed by atoms with Gasteiger partial charge in [-0.15, -0.1) is 11.3 Å². The molecule has 2 heterocycles. The number of carbonyl (C=O) groups is 3. The molecule has 0 saturated carbocycles. The zero-order chi connectivity index (χ0) is 20.8. The van der Waals surface area contributed by atoms with Crippen LogP contribution in [0.15, 0.2) is 0 Å². The van der Waals surface area contributed by atoms with Crippen LogP contribution in [-0.2, 0) is 9.53 Å². The number of hydrogen-bond acceptors (Lipinski definition) is 6. The lowest BCUT2D eigenvalue weighted by Gasteiger charge is -2.29. The summed E-state index contributed by atoms with van der Waals surface area (Å²) < 4.78 is 5.04. The van der Waals surface area contributed by atoms with Gasteiger partial charge in [-0.05, 0) is 32.3 Å². The summed E-state index contributed by atoms with van der Waals surface area (Å²) >= 11 is 1.18. The van der Waals surface area contributed by atoms with E-state index in [4.69, 9.17) is 4.74 Å². The summed E-state index contributed by atoms with van der Waals surface area (Å²) in [6.45, 7) is 5.74. The molecule has 1 saturated heterocycles. The van der Waals surface area contributed by atoms with E-state index in [2.05, 4.69) is 0 Å². The molecule has 3 amide bonds. The Kier molecular flexibility index (Phi) is 7.97. The lowest BCUT2D eigenvalue weighted by Crippen LogP contribution is -2.40. The van der Waals surface area contributed by atoms with Crippen LogP contribution in [-0.4, -0.2) is 86.2 Å². The lowest BCUT2D eigenvalue weighted by molar-refractivity contribution is -0.107. The fourth-order valence-electron chi connectivity index (χ4n) is 3.16. The van der Waals surface area contributed by atoms with Gasteiger partial charge in [0.25, 0.3) is 11.8 Å². The van der Waals surface area contributed by atoms with Crippen LogP contribution in [0.25, 0.3) is 0 Å². The highest BCUT2D eigenvalue weighted by atomic mass is 32.1. The third kappa shape index (κ3) is 4.71. The number of ether oxygens (including phenoxy) is 1. The molecule has 0 aliphatic carbocycles. The smallest absolute Gasteiger partial charge is 0.264 e. The first kappa shape index (κ1) is 22.3. The number of aliphatic hydroxyl groups excluding tert-OH is 1. The van der Waals surface area contributed by atoms with E-state index in [9.17, 15) is 19.5 Å². The van der Waals surface area contributed by atoms with Crippen molar-refractivity contribution in [2.24, 2.45) is 0 Å². The fourth-order valence-corrected chi connectivity index (χ4v) is 4.45. The number of aliphatic hydroxyl groups is 1. The molecule has 1 aromatic heterocycles. The normalized spacial score (nSPS) is 14.8. The topological polar surface area (TPSA) is 90.4 Å². The number of rotatable bonds is 8. The molecule has 1 aliphatic heterocycles. The van der Waals surface area contributed by atoms with Gasteiger partial charge in [0.15, 0.2) is 0 Å². The first-order valence-corrected chi connectivity index (χ1v) is 10.2. The minimum absolute atomic E-state index is 0.156. The minimum atomic E-state index is -0.374. The largest absolute Gasteiger partial charge is 0.393 e. The molecule has 0 unspecified atom stereocenters. The van der Waals surface area contributed by atoms with Crippen LogP contribution in [0.1, 0.15) is 45.4 Å². The number of likely N-dealkylation sites (N-methyl/N-ethyl adjacent to an activating group) is 1. The maximum Gasteiger partial charge on any atom is 0.264 e. The third-order valence-electron chi connectivity index (χ3n) is 4.99. The predicted molar refractivity (Wildman–Crippen MR) is 108 cm³/mol. The molecule has 1 aliphatic rings. The molecular weight excluding hydrogens is 382 g/mol. The third-order valence-corrected chi connectivity index (χ3v) is 6.31. The van der Waals surface area contributed by atoms with Gasteiger partial charge < -0.3 is 24.5 Å². The summed E-state index contributed by atoms with van der Waals surface area (Å²) in [5, 5.41) is 10.2. The second kappa shape index (κ2) is 9.99. The SMILES string of the molecule is CCN(C=O)c1sc(C(=O)N2CCC(O)CC2)c(C)c1C(=O)N(C)CCOC. The van der Waals surface area contributed by atoms with E-state index in [1.165, 1.54) is 21.1 Å². The van der Waals surface area contributed by atoms with Crippen molar-refractivity contribution in [2.45, 2.75) is 32.8 Å². The molecule has 0 atom stereocenters. The molecule has 28 heavy (non-hydrogen) atoms. The minimum Gasteiger partial charge on any atom is -0.393 e. The average molecular weight is 412 g/mol. The number of methoxy groups -OCH3 is 1. The molecule has 156 valence electrons. The monoisotopic (exact) mass is 411 g/mol. The van der Waals surface area contributed by atoms with Crippen LogP contribution < -0.4 is 4.90 Å². The molecule has 9 heteroatoms. The van der Waals surface area contributed by atoms with Crippen LogP contribution in [0, 0.1) is 6.92 Å². The van der Waals surface area contributed by atoms with E-state index in [1.54, 1.807) is 26.0 Å². The highest BCUT2D eigenvalue weighted by Crippen LogP contribution is 2.37. The van der Waals surface area contributed by atoms with Gasteiger partial charge in [-0.3, -0.25) is 14.4 Å². The maximum atomic E-state index is 13.1. The Morgan fingerprint density at radius 2 is 2.00 bits per heavy atom. The van der Waals surface area contributed by atoms with Crippen LogP contribution in [0.4, 0.5) is 5.00 Å². The average Bonchev–Trinajstić information content (AvgIpc) is 3.03. The van der Waals surface area contributed by atoms with E-state index in [0.29, 0.717) is 73.0 Å². The number of nitrogens with zero attached hydrogens (tertiary/aromatic N) is 3. The molecule has 1 aromatic rings. The lowest BCUT2D eigenvalue weighted by atomic mass is 10.1. The van der Waals surface area contributed by atoms with Crippen LogP contribution in [0.2, 0.25) is 0 Å². The Hall–Kier alpha value is -1.97. The Labute approximate surface area is 169 Å². The molecule has 0 spiro atoms. The van der Waals surface area contributed by atoms with Crippen molar-refractivity contribution < 1.29 is 24.2 Å². The Morgan fingerprint density at radius 1 is 1.36 bits per heavy atom. The maximum absolute atomic E-state index is 13.1. The van der Waals surface area contributed by atoms with E-state index in [-0.39, 0.29) is 17.9 Å². The van der Waals surface area contributed by atoms with Crippen molar-refractivity contribution in [1.82, 2.24) is 9.80 Å². The summed E-state index contributed by atoms with van der Waals surface area (Å²) in [4.78, 5) is 42.8. The van der Waals surface area contributed by atoms with Gasteiger partial charge in [0.2, 0.25) is 6.41 Å². The van der Waals surface area contributed by atoms with Gasteiger partial charge in [-0.2, -0.15) is 0 Å². The van der Waals surface area contributed by atoms with E-state index in [1.807, 2.05) is 6.92 Å². The van der Waals surface area contributed by atoms with Gasteiger partial charge in [-0.25, -0.2) is 0 Å². The van der Waals surface area contributed by atoms with Crippen molar-refractivity contribution in [3.05, 3.63) is 16.0 Å². The number of likely N-dealkylation sites (tertiary alicyclic amines) is 1. The van der Waals surface area contributed by atoms with Gasteiger partial charge >= 0.3 is 0 Å². The van der Waals surface area contributed by atoms with Crippen LogP contribution in [0.5, 0.6) is 0 Å². The second-order valence-corrected chi connectivity index (χ2v) is 7.87. The van der Waals surface area contributed by atoms with E-state index in [0.717, 1.165) is 0 Å². The Balaban J connectivity index is 2.41. The van der Waals surface area contributed by atoms with Gasteiger partial charge in [0.05, 0.1) is 23.2 Å². The van der Waals surface area contributed by atoms with Crippen LogP contribution in [0.3, 0.4) is 0 Å². The number of hydrogen-bond donors (Lipinski definition) is 1.